The molecule has 0 aliphatic carbocycles. The standard InChI is InChI=1S/C18H23ClN6O2.HI/c1-20-18(23-9-8-22-17(26)15-5-3-11-27-15)24-13-6-10-25(12-13)16-14(19)4-2-7-21-16;/h2-5,7,11,13H,6,8-10,12H2,1H3,(H,22,26)(H2,20,23,24);1H. The van der Waals surface area contributed by atoms with Crippen molar-refractivity contribution in [1.82, 2.24) is 20.9 Å². The Hall–Kier alpha value is -2.01. The summed E-state index contributed by atoms with van der Waals surface area (Å²) >= 11 is 6.23. The topological polar surface area (TPSA) is 94.8 Å². The summed E-state index contributed by atoms with van der Waals surface area (Å²) in [6, 6.07) is 7.23. The summed E-state index contributed by atoms with van der Waals surface area (Å²) in [4.78, 5) is 22.6. The van der Waals surface area contributed by atoms with Gasteiger partial charge < -0.3 is 25.3 Å². The Bertz CT molecular complexity index is 786. The van der Waals surface area contributed by atoms with Gasteiger partial charge >= 0.3 is 0 Å². The van der Waals surface area contributed by atoms with Crippen LogP contribution in [-0.2, 0) is 0 Å². The van der Waals surface area contributed by atoms with Gasteiger partial charge in [-0.2, -0.15) is 0 Å². The maximum Gasteiger partial charge on any atom is 0.287 e. The number of pyridine rings is 1. The van der Waals surface area contributed by atoms with Crippen molar-refractivity contribution in [2.75, 3.05) is 38.1 Å². The first kappa shape index (κ1) is 22.3. The lowest BCUT2D eigenvalue weighted by atomic mass is 10.3. The average molecular weight is 519 g/mol. The molecule has 10 heteroatoms. The number of aliphatic imine (C=N–C) groups is 1. The number of anilines is 1. The smallest absolute Gasteiger partial charge is 0.287 e. The molecule has 152 valence electrons. The summed E-state index contributed by atoms with van der Waals surface area (Å²) in [7, 11) is 1.72. The molecule has 1 atom stereocenters. The highest BCUT2D eigenvalue weighted by molar-refractivity contribution is 14.0. The Labute approximate surface area is 186 Å². The zero-order valence-electron chi connectivity index (χ0n) is 15.5. The van der Waals surface area contributed by atoms with E-state index in [0.29, 0.717) is 29.8 Å². The van der Waals surface area contributed by atoms with Gasteiger partial charge in [-0.25, -0.2) is 4.98 Å². The molecule has 2 aromatic heterocycles. The van der Waals surface area contributed by atoms with Crippen LogP contribution in [0.3, 0.4) is 0 Å². The number of furan rings is 1. The van der Waals surface area contributed by atoms with Crippen LogP contribution in [0.25, 0.3) is 0 Å². The quantitative estimate of drug-likeness (QED) is 0.235. The van der Waals surface area contributed by atoms with E-state index in [9.17, 15) is 4.79 Å². The van der Waals surface area contributed by atoms with Crippen LogP contribution in [0.2, 0.25) is 5.02 Å². The summed E-state index contributed by atoms with van der Waals surface area (Å²) in [6.07, 6.45) is 4.18. The van der Waals surface area contributed by atoms with Gasteiger partial charge in [-0.05, 0) is 30.7 Å². The molecule has 1 amide bonds. The first-order valence-electron chi connectivity index (χ1n) is 8.81. The van der Waals surface area contributed by atoms with Crippen molar-refractivity contribution in [3.8, 4) is 0 Å². The Balaban J connectivity index is 0.00000280. The van der Waals surface area contributed by atoms with Crippen LogP contribution in [0.1, 0.15) is 17.0 Å². The summed E-state index contributed by atoms with van der Waals surface area (Å²) in [5.41, 5.74) is 0. The fourth-order valence-electron chi connectivity index (χ4n) is 2.92. The van der Waals surface area contributed by atoms with Gasteiger partial charge in [0.15, 0.2) is 11.7 Å². The van der Waals surface area contributed by atoms with E-state index in [4.69, 9.17) is 16.0 Å². The van der Waals surface area contributed by atoms with Crippen molar-refractivity contribution < 1.29 is 9.21 Å². The summed E-state index contributed by atoms with van der Waals surface area (Å²) < 4.78 is 5.05. The molecule has 0 aromatic carbocycles. The minimum atomic E-state index is -0.233. The highest BCUT2D eigenvalue weighted by Crippen LogP contribution is 2.25. The number of hydrogen-bond acceptors (Lipinski definition) is 5. The zero-order chi connectivity index (χ0) is 19.1. The fourth-order valence-corrected chi connectivity index (χ4v) is 3.16. The van der Waals surface area contributed by atoms with E-state index >= 15 is 0 Å². The van der Waals surface area contributed by atoms with Crippen molar-refractivity contribution in [2.24, 2.45) is 4.99 Å². The van der Waals surface area contributed by atoms with Gasteiger partial charge in [-0.1, -0.05) is 11.6 Å². The van der Waals surface area contributed by atoms with E-state index in [1.165, 1.54) is 6.26 Å². The van der Waals surface area contributed by atoms with Crippen LogP contribution >= 0.6 is 35.6 Å². The minimum Gasteiger partial charge on any atom is -0.459 e. The van der Waals surface area contributed by atoms with Gasteiger partial charge in [0.1, 0.15) is 5.82 Å². The third-order valence-corrected chi connectivity index (χ3v) is 4.53. The van der Waals surface area contributed by atoms with Gasteiger partial charge in [-0.3, -0.25) is 9.79 Å². The lowest BCUT2D eigenvalue weighted by Gasteiger charge is -2.20. The third kappa shape index (κ3) is 5.99. The highest BCUT2D eigenvalue weighted by atomic mass is 127. The van der Waals surface area contributed by atoms with Crippen LogP contribution in [0.4, 0.5) is 5.82 Å². The molecule has 0 spiro atoms. The number of halogens is 2. The number of rotatable bonds is 6. The van der Waals surface area contributed by atoms with Crippen molar-refractivity contribution in [3.63, 3.8) is 0 Å². The largest absolute Gasteiger partial charge is 0.459 e. The van der Waals surface area contributed by atoms with Crippen molar-refractivity contribution in [3.05, 3.63) is 47.5 Å². The van der Waals surface area contributed by atoms with E-state index in [0.717, 1.165) is 25.3 Å². The first-order chi connectivity index (χ1) is 13.2. The molecule has 28 heavy (non-hydrogen) atoms. The van der Waals surface area contributed by atoms with Gasteiger partial charge in [0.05, 0.1) is 11.3 Å². The summed E-state index contributed by atoms with van der Waals surface area (Å²) in [5, 5.41) is 10.0. The average Bonchev–Trinajstić information content (AvgIpc) is 3.36. The molecule has 1 aliphatic heterocycles. The molecule has 3 N–H and O–H groups in total. The van der Waals surface area contributed by atoms with Gasteiger partial charge in [-0.15, -0.1) is 24.0 Å². The Morgan fingerprint density at radius 2 is 2.18 bits per heavy atom. The van der Waals surface area contributed by atoms with E-state index in [1.807, 2.05) is 12.1 Å². The van der Waals surface area contributed by atoms with E-state index < -0.39 is 0 Å². The second-order valence-corrected chi connectivity index (χ2v) is 6.52. The molecule has 3 heterocycles. The molecule has 3 rings (SSSR count). The van der Waals surface area contributed by atoms with Crippen LogP contribution in [0.5, 0.6) is 0 Å². The number of hydrogen-bond donors (Lipinski definition) is 3. The minimum absolute atomic E-state index is 0. The number of nitrogens with zero attached hydrogens (tertiary/aromatic N) is 3. The highest BCUT2D eigenvalue weighted by Gasteiger charge is 2.25. The van der Waals surface area contributed by atoms with Crippen LogP contribution in [0, 0.1) is 0 Å². The number of aromatic nitrogens is 1. The molecule has 1 unspecified atom stereocenters. The number of amides is 1. The Kier molecular flexibility index (Phi) is 8.84. The van der Waals surface area contributed by atoms with E-state index in [-0.39, 0.29) is 35.9 Å². The maximum atomic E-state index is 11.8. The molecule has 2 aromatic rings. The van der Waals surface area contributed by atoms with Crippen LogP contribution < -0.4 is 20.9 Å². The molecular weight excluding hydrogens is 495 g/mol. The van der Waals surface area contributed by atoms with Gasteiger partial charge in [0, 0.05) is 45.5 Å². The zero-order valence-corrected chi connectivity index (χ0v) is 18.6. The maximum absolute atomic E-state index is 11.8. The Morgan fingerprint density at radius 1 is 1.36 bits per heavy atom. The Morgan fingerprint density at radius 3 is 2.89 bits per heavy atom. The summed E-state index contributed by atoms with van der Waals surface area (Å²) in [5.74, 6) is 1.58. The molecule has 1 saturated heterocycles. The normalized spacial score (nSPS) is 16.4. The number of carbonyl (C=O) groups is 1. The van der Waals surface area contributed by atoms with E-state index in [1.54, 1.807) is 25.4 Å². The SMILES string of the molecule is CN=C(NCCNC(=O)c1ccco1)NC1CCN(c2ncccc2Cl)C1.I. The third-order valence-electron chi connectivity index (χ3n) is 4.24. The van der Waals surface area contributed by atoms with Crippen LogP contribution in [-0.4, -0.2) is 56.1 Å². The molecule has 1 aliphatic rings. The number of carbonyl (C=O) groups excluding carboxylic acids is 1. The van der Waals surface area contributed by atoms with Crippen LogP contribution in [0.15, 0.2) is 46.1 Å². The molecule has 0 bridgehead atoms. The molecular formula is C18H24ClIN6O2. The number of nitrogens with one attached hydrogen (secondary N) is 3. The second-order valence-electron chi connectivity index (χ2n) is 6.12. The van der Waals surface area contributed by atoms with Gasteiger partial charge in [0.25, 0.3) is 5.91 Å². The fraction of sp³-hybridized carbons (Fsp3) is 0.389. The van der Waals surface area contributed by atoms with Gasteiger partial charge in [0.2, 0.25) is 0 Å². The van der Waals surface area contributed by atoms with Crippen molar-refractivity contribution in [2.45, 2.75) is 12.5 Å². The summed E-state index contributed by atoms with van der Waals surface area (Å²) in [6.45, 7) is 2.69. The first-order valence-corrected chi connectivity index (χ1v) is 9.19. The van der Waals surface area contributed by atoms with E-state index in [2.05, 4.69) is 30.8 Å². The molecule has 0 saturated carbocycles. The molecule has 8 nitrogen and oxygen atoms in total. The molecule has 1 fully saturated rings. The molecule has 0 radical (unpaired) electrons. The van der Waals surface area contributed by atoms with Crippen molar-refractivity contribution >= 4 is 53.3 Å². The monoisotopic (exact) mass is 518 g/mol. The predicted octanol–water partition coefficient (Wildman–Crippen LogP) is 2.12. The second kappa shape index (κ2) is 11.1. The lowest BCUT2D eigenvalue weighted by molar-refractivity contribution is 0.0926. The van der Waals surface area contributed by atoms with Crippen molar-refractivity contribution in [1.29, 1.82) is 0 Å². The predicted molar refractivity (Wildman–Crippen MR) is 121 cm³/mol. The lowest BCUT2D eigenvalue weighted by Crippen LogP contribution is -2.46. The number of guanidine groups is 1.